The van der Waals surface area contributed by atoms with Gasteiger partial charge in [-0.05, 0) is 24.3 Å². The molecular formula is C9H7BrN2O. The van der Waals surface area contributed by atoms with Gasteiger partial charge in [-0.2, -0.15) is 0 Å². The van der Waals surface area contributed by atoms with E-state index in [0.29, 0.717) is 5.69 Å². The average Bonchev–Trinajstić information content (AvgIpc) is 2.46. The first kappa shape index (κ1) is 8.31. The number of aromatic amines is 1. The Morgan fingerprint density at radius 1 is 1.38 bits per heavy atom. The summed E-state index contributed by atoms with van der Waals surface area (Å²) in [6.45, 7) is 0. The maximum Gasteiger partial charge on any atom is 0.265 e. The van der Waals surface area contributed by atoms with Crippen LogP contribution in [0, 0.1) is 0 Å². The number of benzene rings is 1. The summed E-state index contributed by atoms with van der Waals surface area (Å²) in [5.74, 6) is -0.438. The van der Waals surface area contributed by atoms with Crippen LogP contribution < -0.4 is 5.73 Å². The van der Waals surface area contributed by atoms with E-state index in [0.717, 1.165) is 15.4 Å². The predicted molar refractivity (Wildman–Crippen MR) is 54.5 cm³/mol. The van der Waals surface area contributed by atoms with Crippen LogP contribution in [0.4, 0.5) is 0 Å². The Balaban J connectivity index is 2.68. The lowest BCUT2D eigenvalue weighted by Gasteiger charge is -1.89. The molecule has 0 aliphatic carbocycles. The number of amides is 1. The molecule has 0 bridgehead atoms. The molecule has 0 atom stereocenters. The van der Waals surface area contributed by atoms with Crippen molar-refractivity contribution in [3.63, 3.8) is 0 Å². The van der Waals surface area contributed by atoms with E-state index in [-0.39, 0.29) is 0 Å². The van der Waals surface area contributed by atoms with Crippen LogP contribution in [-0.2, 0) is 0 Å². The Morgan fingerprint density at radius 3 is 2.85 bits per heavy atom. The van der Waals surface area contributed by atoms with Gasteiger partial charge in [-0.25, -0.2) is 0 Å². The standard InChI is InChI=1S/C9H7BrN2O/c10-6-1-2-7-5(3-6)4-8(12-7)9(11)13/h1-4,12H,(H2,11,13). The molecule has 0 aliphatic heterocycles. The molecule has 13 heavy (non-hydrogen) atoms. The van der Waals surface area contributed by atoms with Gasteiger partial charge in [0.15, 0.2) is 0 Å². The molecule has 0 spiro atoms. The maximum absolute atomic E-state index is 10.8. The number of nitrogens with two attached hydrogens (primary N) is 1. The van der Waals surface area contributed by atoms with Crippen LogP contribution in [0.25, 0.3) is 10.9 Å². The summed E-state index contributed by atoms with van der Waals surface area (Å²) < 4.78 is 0.982. The molecule has 0 unspecified atom stereocenters. The number of nitrogens with one attached hydrogen (secondary N) is 1. The fourth-order valence-corrected chi connectivity index (χ4v) is 1.62. The number of aromatic nitrogens is 1. The monoisotopic (exact) mass is 238 g/mol. The Hall–Kier alpha value is -1.29. The minimum Gasteiger partial charge on any atom is -0.364 e. The third kappa shape index (κ3) is 1.45. The molecule has 1 aromatic heterocycles. The molecule has 1 amide bonds. The Bertz CT molecular complexity index is 475. The van der Waals surface area contributed by atoms with Crippen LogP contribution in [0.2, 0.25) is 0 Å². The fourth-order valence-electron chi connectivity index (χ4n) is 1.24. The molecular weight excluding hydrogens is 232 g/mol. The largest absolute Gasteiger partial charge is 0.364 e. The number of H-pyrrole nitrogens is 1. The lowest BCUT2D eigenvalue weighted by Crippen LogP contribution is -2.10. The summed E-state index contributed by atoms with van der Waals surface area (Å²) in [5, 5.41) is 0.975. The van der Waals surface area contributed by atoms with Gasteiger partial charge in [0, 0.05) is 15.4 Å². The van der Waals surface area contributed by atoms with E-state index in [2.05, 4.69) is 20.9 Å². The third-order valence-corrected chi connectivity index (χ3v) is 2.34. The van der Waals surface area contributed by atoms with Gasteiger partial charge in [-0.1, -0.05) is 15.9 Å². The van der Waals surface area contributed by atoms with E-state index in [9.17, 15) is 4.79 Å². The van der Waals surface area contributed by atoms with Crippen molar-refractivity contribution < 1.29 is 4.79 Å². The van der Waals surface area contributed by atoms with Gasteiger partial charge in [0.1, 0.15) is 5.69 Å². The molecule has 0 saturated heterocycles. The third-order valence-electron chi connectivity index (χ3n) is 1.85. The molecule has 1 aromatic carbocycles. The highest BCUT2D eigenvalue weighted by Gasteiger charge is 2.04. The number of halogens is 1. The van der Waals surface area contributed by atoms with Crippen LogP contribution in [0.5, 0.6) is 0 Å². The van der Waals surface area contributed by atoms with Crippen molar-refractivity contribution in [2.24, 2.45) is 5.73 Å². The quantitative estimate of drug-likeness (QED) is 0.785. The summed E-state index contributed by atoms with van der Waals surface area (Å²) in [7, 11) is 0. The zero-order valence-corrected chi connectivity index (χ0v) is 8.26. The number of hydrogen-bond acceptors (Lipinski definition) is 1. The normalized spacial score (nSPS) is 10.5. The second kappa shape index (κ2) is 2.88. The number of carbonyl (C=O) groups is 1. The van der Waals surface area contributed by atoms with Crippen molar-refractivity contribution in [3.8, 4) is 0 Å². The smallest absolute Gasteiger partial charge is 0.265 e. The summed E-state index contributed by atoms with van der Waals surface area (Å²) >= 11 is 3.35. The second-order valence-electron chi connectivity index (χ2n) is 2.78. The number of primary amides is 1. The zero-order valence-electron chi connectivity index (χ0n) is 6.67. The number of rotatable bonds is 1. The van der Waals surface area contributed by atoms with Crippen molar-refractivity contribution >= 4 is 32.7 Å². The highest BCUT2D eigenvalue weighted by atomic mass is 79.9. The van der Waals surface area contributed by atoms with Crippen molar-refractivity contribution in [2.75, 3.05) is 0 Å². The van der Waals surface area contributed by atoms with Crippen LogP contribution in [0.1, 0.15) is 10.5 Å². The van der Waals surface area contributed by atoms with Crippen molar-refractivity contribution in [1.29, 1.82) is 0 Å². The highest BCUT2D eigenvalue weighted by molar-refractivity contribution is 9.10. The fraction of sp³-hybridized carbons (Fsp3) is 0. The Kier molecular flexibility index (Phi) is 1.84. The van der Waals surface area contributed by atoms with Crippen molar-refractivity contribution in [2.45, 2.75) is 0 Å². The van der Waals surface area contributed by atoms with Crippen molar-refractivity contribution in [3.05, 3.63) is 34.4 Å². The van der Waals surface area contributed by atoms with E-state index in [1.54, 1.807) is 6.07 Å². The molecule has 3 N–H and O–H groups in total. The summed E-state index contributed by atoms with van der Waals surface area (Å²) in [6.07, 6.45) is 0. The first-order chi connectivity index (χ1) is 6.16. The maximum atomic E-state index is 10.8. The molecule has 0 fully saturated rings. The first-order valence-corrected chi connectivity index (χ1v) is 4.54. The lowest BCUT2D eigenvalue weighted by atomic mass is 10.2. The number of carbonyl (C=O) groups excluding carboxylic acids is 1. The van der Waals surface area contributed by atoms with E-state index >= 15 is 0 Å². The molecule has 0 aliphatic rings. The van der Waals surface area contributed by atoms with Crippen LogP contribution in [0.15, 0.2) is 28.7 Å². The molecule has 4 heteroatoms. The molecule has 2 aromatic rings. The SMILES string of the molecule is NC(=O)c1cc2cc(Br)ccc2[nH]1. The van der Waals surface area contributed by atoms with E-state index in [4.69, 9.17) is 5.73 Å². The minimum atomic E-state index is -0.438. The van der Waals surface area contributed by atoms with Gasteiger partial charge in [-0.15, -0.1) is 0 Å². The molecule has 0 saturated carbocycles. The second-order valence-corrected chi connectivity index (χ2v) is 3.69. The summed E-state index contributed by atoms with van der Waals surface area (Å²) in [5.41, 5.74) is 6.49. The van der Waals surface area contributed by atoms with Gasteiger partial charge >= 0.3 is 0 Å². The molecule has 2 rings (SSSR count). The first-order valence-electron chi connectivity index (χ1n) is 3.75. The van der Waals surface area contributed by atoms with Crippen LogP contribution >= 0.6 is 15.9 Å². The van der Waals surface area contributed by atoms with Gasteiger partial charge in [-0.3, -0.25) is 4.79 Å². The van der Waals surface area contributed by atoms with Gasteiger partial charge < -0.3 is 10.7 Å². The molecule has 66 valence electrons. The van der Waals surface area contributed by atoms with Gasteiger partial charge in [0.05, 0.1) is 0 Å². The molecule has 3 nitrogen and oxygen atoms in total. The lowest BCUT2D eigenvalue weighted by molar-refractivity contribution is 0.0996. The van der Waals surface area contributed by atoms with E-state index in [1.165, 1.54) is 0 Å². The molecule has 1 heterocycles. The van der Waals surface area contributed by atoms with Crippen molar-refractivity contribution in [1.82, 2.24) is 4.98 Å². The van der Waals surface area contributed by atoms with E-state index < -0.39 is 5.91 Å². The Labute approximate surface area is 83.1 Å². The Morgan fingerprint density at radius 2 is 2.15 bits per heavy atom. The zero-order chi connectivity index (χ0) is 9.42. The van der Waals surface area contributed by atoms with Crippen LogP contribution in [0.3, 0.4) is 0 Å². The highest BCUT2D eigenvalue weighted by Crippen LogP contribution is 2.20. The van der Waals surface area contributed by atoms with E-state index in [1.807, 2.05) is 18.2 Å². The topological polar surface area (TPSA) is 58.9 Å². The summed E-state index contributed by atoms with van der Waals surface area (Å²) in [4.78, 5) is 13.8. The summed E-state index contributed by atoms with van der Waals surface area (Å²) in [6, 6.07) is 7.47. The number of fused-ring (bicyclic) bond motifs is 1. The van der Waals surface area contributed by atoms with Crippen LogP contribution in [-0.4, -0.2) is 10.9 Å². The van der Waals surface area contributed by atoms with Gasteiger partial charge in [0.25, 0.3) is 5.91 Å². The predicted octanol–water partition coefficient (Wildman–Crippen LogP) is 2.03. The average molecular weight is 239 g/mol. The minimum absolute atomic E-state index is 0.438. The van der Waals surface area contributed by atoms with Gasteiger partial charge in [0.2, 0.25) is 0 Å². The molecule has 0 radical (unpaired) electrons. The number of hydrogen-bond donors (Lipinski definition) is 2.